The molecule has 2 rings (SSSR count). The van der Waals surface area contributed by atoms with Gasteiger partial charge in [0, 0.05) is 17.3 Å². The molecule has 26 heavy (non-hydrogen) atoms. The second-order valence-electron chi connectivity index (χ2n) is 6.49. The normalized spacial score (nSPS) is 11.7. The zero-order chi connectivity index (χ0) is 19.1. The molecular formula is C21H26N2O3. The number of para-hydroxylation sites is 1. The van der Waals surface area contributed by atoms with E-state index in [1.54, 1.807) is 24.3 Å². The van der Waals surface area contributed by atoms with Crippen molar-refractivity contribution in [3.05, 3.63) is 54.1 Å². The van der Waals surface area contributed by atoms with Crippen molar-refractivity contribution >= 4 is 23.2 Å². The number of anilines is 2. The Balaban J connectivity index is 1.99. The van der Waals surface area contributed by atoms with Crippen molar-refractivity contribution in [1.29, 1.82) is 0 Å². The molecule has 0 fully saturated rings. The Morgan fingerprint density at radius 2 is 1.46 bits per heavy atom. The molecule has 0 heterocycles. The van der Waals surface area contributed by atoms with Crippen LogP contribution in [0.25, 0.3) is 0 Å². The summed E-state index contributed by atoms with van der Waals surface area (Å²) in [6, 6.07) is 14.7. The van der Waals surface area contributed by atoms with E-state index in [-0.39, 0.29) is 17.7 Å². The summed E-state index contributed by atoms with van der Waals surface area (Å²) < 4.78 is 5.86. The largest absolute Gasteiger partial charge is 0.480 e. The molecule has 138 valence electrons. The first kappa shape index (κ1) is 19.5. The average molecular weight is 354 g/mol. The Morgan fingerprint density at radius 3 is 1.96 bits per heavy atom. The number of benzene rings is 2. The predicted molar refractivity (Wildman–Crippen MR) is 104 cm³/mol. The van der Waals surface area contributed by atoms with Crippen molar-refractivity contribution in [2.75, 3.05) is 10.6 Å². The van der Waals surface area contributed by atoms with Crippen molar-refractivity contribution in [2.24, 2.45) is 5.92 Å². The molecule has 0 saturated carbocycles. The van der Waals surface area contributed by atoms with Crippen molar-refractivity contribution < 1.29 is 14.3 Å². The second kappa shape index (κ2) is 9.04. The first-order chi connectivity index (χ1) is 12.4. The zero-order valence-corrected chi connectivity index (χ0v) is 15.7. The third-order valence-electron chi connectivity index (χ3n) is 3.97. The number of carbonyl (C=O) groups excluding carboxylic acids is 2. The molecule has 0 spiro atoms. The highest BCUT2D eigenvalue weighted by Gasteiger charge is 2.19. The smallest absolute Gasteiger partial charge is 0.265 e. The lowest BCUT2D eigenvalue weighted by Gasteiger charge is -2.18. The molecule has 5 heteroatoms. The maximum Gasteiger partial charge on any atom is 0.265 e. The molecule has 2 N–H and O–H groups in total. The van der Waals surface area contributed by atoms with Crippen LogP contribution >= 0.6 is 0 Å². The highest BCUT2D eigenvalue weighted by molar-refractivity contribution is 5.95. The number of hydrogen-bond acceptors (Lipinski definition) is 3. The van der Waals surface area contributed by atoms with E-state index in [0.29, 0.717) is 23.5 Å². The van der Waals surface area contributed by atoms with E-state index in [4.69, 9.17) is 4.74 Å². The lowest BCUT2D eigenvalue weighted by molar-refractivity contribution is -0.123. The van der Waals surface area contributed by atoms with Crippen LogP contribution in [0.4, 0.5) is 11.4 Å². The van der Waals surface area contributed by atoms with Gasteiger partial charge in [0.05, 0.1) is 0 Å². The van der Waals surface area contributed by atoms with E-state index in [9.17, 15) is 9.59 Å². The Bertz CT molecular complexity index is 754. The third kappa shape index (κ3) is 5.34. The van der Waals surface area contributed by atoms with E-state index in [2.05, 4.69) is 10.6 Å². The summed E-state index contributed by atoms with van der Waals surface area (Å²) in [5.41, 5.74) is 2.35. The minimum atomic E-state index is -0.573. The Labute approximate surface area is 154 Å². The standard InChI is InChI=1S/C21H26N2O3/c1-5-18(26-19-9-7-6-8-15(19)4)21(25)23-17-12-10-16(11-13-17)22-20(24)14(2)3/h6-14,18H,5H2,1-4H3,(H,22,24)(H,23,25). The number of rotatable bonds is 7. The molecule has 1 unspecified atom stereocenters. The highest BCUT2D eigenvalue weighted by Crippen LogP contribution is 2.20. The van der Waals surface area contributed by atoms with Crippen LogP contribution in [-0.4, -0.2) is 17.9 Å². The van der Waals surface area contributed by atoms with Gasteiger partial charge in [-0.15, -0.1) is 0 Å². The molecule has 5 nitrogen and oxygen atoms in total. The van der Waals surface area contributed by atoms with Crippen molar-refractivity contribution in [3.63, 3.8) is 0 Å². The van der Waals surface area contributed by atoms with Gasteiger partial charge in [-0.05, 0) is 49.2 Å². The minimum absolute atomic E-state index is 0.0422. The first-order valence-corrected chi connectivity index (χ1v) is 8.84. The molecule has 0 radical (unpaired) electrons. The van der Waals surface area contributed by atoms with Crippen LogP contribution in [0, 0.1) is 12.8 Å². The Hall–Kier alpha value is -2.82. The fraction of sp³-hybridized carbons (Fsp3) is 0.333. The summed E-state index contributed by atoms with van der Waals surface area (Å²) >= 11 is 0. The van der Waals surface area contributed by atoms with Gasteiger partial charge in [-0.25, -0.2) is 0 Å². The molecule has 1 atom stereocenters. The molecule has 2 aromatic carbocycles. The number of aryl methyl sites for hydroxylation is 1. The van der Waals surface area contributed by atoms with Gasteiger partial charge in [-0.2, -0.15) is 0 Å². The Kier molecular flexibility index (Phi) is 6.78. The van der Waals surface area contributed by atoms with E-state index in [0.717, 1.165) is 5.56 Å². The number of amides is 2. The van der Waals surface area contributed by atoms with Crippen LogP contribution < -0.4 is 15.4 Å². The van der Waals surface area contributed by atoms with Gasteiger partial charge in [0.1, 0.15) is 5.75 Å². The fourth-order valence-corrected chi connectivity index (χ4v) is 2.31. The van der Waals surface area contributed by atoms with Gasteiger partial charge in [0.15, 0.2) is 6.10 Å². The van der Waals surface area contributed by atoms with Gasteiger partial charge in [-0.1, -0.05) is 39.0 Å². The molecule has 0 aliphatic rings. The van der Waals surface area contributed by atoms with Crippen molar-refractivity contribution in [2.45, 2.75) is 40.2 Å². The van der Waals surface area contributed by atoms with Crippen molar-refractivity contribution in [1.82, 2.24) is 0 Å². The van der Waals surface area contributed by atoms with Crippen LogP contribution in [0.15, 0.2) is 48.5 Å². The summed E-state index contributed by atoms with van der Waals surface area (Å²) in [6.45, 7) is 7.53. The minimum Gasteiger partial charge on any atom is -0.480 e. The van der Waals surface area contributed by atoms with Gasteiger partial charge in [0.25, 0.3) is 5.91 Å². The summed E-state index contributed by atoms with van der Waals surface area (Å²) in [5, 5.41) is 5.68. The van der Waals surface area contributed by atoms with Crippen LogP contribution in [0.1, 0.15) is 32.8 Å². The quantitative estimate of drug-likeness (QED) is 0.775. The number of ether oxygens (including phenoxy) is 1. The molecule has 0 aliphatic carbocycles. The Morgan fingerprint density at radius 1 is 0.923 bits per heavy atom. The first-order valence-electron chi connectivity index (χ1n) is 8.84. The number of carbonyl (C=O) groups is 2. The van der Waals surface area contributed by atoms with Gasteiger partial charge in [0.2, 0.25) is 5.91 Å². The molecule has 0 bridgehead atoms. The van der Waals surface area contributed by atoms with E-state index in [1.807, 2.05) is 52.0 Å². The van der Waals surface area contributed by atoms with Crippen LogP contribution in [0.5, 0.6) is 5.75 Å². The number of nitrogens with one attached hydrogen (secondary N) is 2. The molecular weight excluding hydrogens is 328 g/mol. The predicted octanol–water partition coefficient (Wildman–Crippen LogP) is 4.39. The SMILES string of the molecule is CCC(Oc1ccccc1C)C(=O)Nc1ccc(NC(=O)C(C)C)cc1. The molecule has 0 aromatic heterocycles. The van der Waals surface area contributed by atoms with Crippen LogP contribution in [0.3, 0.4) is 0 Å². The van der Waals surface area contributed by atoms with Crippen molar-refractivity contribution in [3.8, 4) is 5.75 Å². The summed E-state index contributed by atoms with van der Waals surface area (Å²) in [6.07, 6.45) is -0.0145. The summed E-state index contributed by atoms with van der Waals surface area (Å²) in [4.78, 5) is 24.2. The summed E-state index contributed by atoms with van der Waals surface area (Å²) in [5.74, 6) is 0.383. The second-order valence-corrected chi connectivity index (χ2v) is 6.49. The van der Waals surface area contributed by atoms with Crippen LogP contribution in [-0.2, 0) is 9.59 Å². The van der Waals surface area contributed by atoms with E-state index in [1.165, 1.54) is 0 Å². The van der Waals surface area contributed by atoms with Gasteiger partial charge < -0.3 is 15.4 Å². The van der Waals surface area contributed by atoms with E-state index < -0.39 is 6.10 Å². The maximum atomic E-state index is 12.5. The average Bonchev–Trinajstić information content (AvgIpc) is 2.62. The lowest BCUT2D eigenvalue weighted by atomic mass is 10.2. The summed E-state index contributed by atoms with van der Waals surface area (Å²) in [7, 11) is 0. The van der Waals surface area contributed by atoms with E-state index >= 15 is 0 Å². The lowest BCUT2D eigenvalue weighted by Crippen LogP contribution is -2.32. The van der Waals surface area contributed by atoms with Gasteiger partial charge >= 0.3 is 0 Å². The molecule has 0 saturated heterocycles. The monoisotopic (exact) mass is 354 g/mol. The molecule has 2 amide bonds. The fourth-order valence-electron chi connectivity index (χ4n) is 2.31. The number of hydrogen-bond donors (Lipinski definition) is 2. The molecule has 0 aliphatic heterocycles. The molecule has 2 aromatic rings. The maximum absolute atomic E-state index is 12.5. The van der Waals surface area contributed by atoms with Gasteiger partial charge in [-0.3, -0.25) is 9.59 Å². The topological polar surface area (TPSA) is 67.4 Å². The zero-order valence-electron chi connectivity index (χ0n) is 15.7. The third-order valence-corrected chi connectivity index (χ3v) is 3.97. The van der Waals surface area contributed by atoms with Crippen LogP contribution in [0.2, 0.25) is 0 Å². The highest BCUT2D eigenvalue weighted by atomic mass is 16.5.